The van der Waals surface area contributed by atoms with Gasteiger partial charge < -0.3 is 0 Å². The Morgan fingerprint density at radius 3 is 1.72 bits per heavy atom. The number of rotatable bonds is 10. The second kappa shape index (κ2) is 10.2. The highest BCUT2D eigenvalue weighted by molar-refractivity contribution is 7.77. The minimum absolute atomic E-state index is 0.0260. The maximum Gasteiger partial charge on any atom is 0.204 e. The zero-order valence-electron chi connectivity index (χ0n) is 19.8. The van der Waals surface area contributed by atoms with Gasteiger partial charge in [-0.15, -0.1) is 6.58 Å². The molecule has 2 atom stereocenters. The van der Waals surface area contributed by atoms with Gasteiger partial charge >= 0.3 is 0 Å². The molecule has 4 heteroatoms. The maximum atomic E-state index is 14.8. The lowest BCUT2D eigenvalue weighted by Crippen LogP contribution is -2.51. The van der Waals surface area contributed by atoms with E-state index in [9.17, 15) is 4.57 Å². The fraction of sp³-hybridized carbons (Fsp3) is 0.286. The summed E-state index contributed by atoms with van der Waals surface area (Å²) in [7, 11) is -4.77. The minimum atomic E-state index is -3.06. The van der Waals surface area contributed by atoms with Crippen LogP contribution in [0.3, 0.4) is 0 Å². The molecule has 0 saturated heterocycles. The van der Waals surface area contributed by atoms with Crippen molar-refractivity contribution in [3.8, 4) is 0 Å². The first-order chi connectivity index (χ1) is 15.2. The van der Waals surface area contributed by atoms with E-state index in [0.717, 1.165) is 23.5 Å². The van der Waals surface area contributed by atoms with E-state index in [-0.39, 0.29) is 11.1 Å². The van der Waals surface area contributed by atoms with E-state index in [1.807, 2.05) is 66.7 Å². The molecule has 0 saturated carbocycles. The number of nitrogens with one attached hydrogen (secondary N) is 1. The molecule has 0 amide bonds. The third kappa shape index (κ3) is 5.23. The van der Waals surface area contributed by atoms with Crippen LogP contribution in [0.2, 0.25) is 24.7 Å². The lowest BCUT2D eigenvalue weighted by Gasteiger charge is -2.46. The van der Waals surface area contributed by atoms with Gasteiger partial charge in [-0.3, -0.25) is 9.65 Å². The van der Waals surface area contributed by atoms with E-state index < -0.39 is 15.4 Å². The molecule has 168 valence electrons. The molecule has 2 nitrogen and oxygen atoms in total. The predicted molar refractivity (Wildman–Crippen MR) is 143 cm³/mol. The van der Waals surface area contributed by atoms with Crippen molar-refractivity contribution in [3.05, 3.63) is 109 Å². The summed E-state index contributed by atoms with van der Waals surface area (Å²) in [5.41, 5.74) is 1.30. The highest BCUT2D eigenvalue weighted by Gasteiger charge is 2.45. The average Bonchev–Trinajstić information content (AvgIpc) is 2.82. The summed E-state index contributed by atoms with van der Waals surface area (Å²) in [6.07, 6.45) is 3.93. The molecule has 0 bridgehead atoms. The third-order valence-electron chi connectivity index (χ3n) is 6.91. The molecule has 0 heterocycles. The van der Waals surface area contributed by atoms with Gasteiger partial charge in [0.05, 0.1) is 8.07 Å². The summed E-state index contributed by atoms with van der Waals surface area (Å²) in [5, 5.41) is 5.30. The third-order valence-corrected chi connectivity index (χ3v) is 13.4. The van der Waals surface area contributed by atoms with Gasteiger partial charge in [-0.1, -0.05) is 99.4 Å². The summed E-state index contributed by atoms with van der Waals surface area (Å²) in [6, 6.07) is 30.3. The number of benzene rings is 3. The second-order valence-corrected chi connectivity index (χ2v) is 17.8. The monoisotopic (exact) mass is 461 g/mol. The van der Waals surface area contributed by atoms with Crippen LogP contribution in [-0.4, -0.2) is 14.1 Å². The van der Waals surface area contributed by atoms with Crippen molar-refractivity contribution in [2.24, 2.45) is 0 Å². The summed E-state index contributed by atoms with van der Waals surface area (Å²) in [4.78, 5) is 0. The van der Waals surface area contributed by atoms with Crippen LogP contribution in [0, 0.1) is 0 Å². The Hall–Kier alpha value is -2.19. The number of hydrogen-bond donors (Lipinski definition) is 1. The Bertz CT molecular complexity index is 1000. The minimum Gasteiger partial charge on any atom is -0.297 e. The Balaban J connectivity index is 2.07. The molecule has 0 spiro atoms. The number of hydrogen-bond acceptors (Lipinski definition) is 1. The molecule has 3 aromatic carbocycles. The summed E-state index contributed by atoms with van der Waals surface area (Å²) in [6.45, 7) is 13.7. The molecular weight excluding hydrogens is 425 g/mol. The molecule has 0 radical (unpaired) electrons. The Morgan fingerprint density at radius 2 is 1.31 bits per heavy atom. The smallest absolute Gasteiger partial charge is 0.204 e. The van der Waals surface area contributed by atoms with Crippen molar-refractivity contribution in [3.63, 3.8) is 0 Å². The van der Waals surface area contributed by atoms with Crippen molar-refractivity contribution in [2.75, 3.05) is 0 Å². The Morgan fingerprint density at radius 1 is 0.875 bits per heavy atom. The van der Waals surface area contributed by atoms with Crippen LogP contribution in [0.15, 0.2) is 104 Å². The standard InChI is InChI=1S/C28H36NOPSi/c1-6-28(2,32(3,4)5)27(23-22-24-16-10-7-11-17-24)29-31(30,25-18-12-8-13-19-25)26-20-14-9-15-21-26/h6-21,27H,1,22-23H2,2-5H3,(H,29,30)/t27-,28-/m1/s1. The Kier molecular flexibility index (Phi) is 7.77. The Labute approximate surface area is 195 Å². The second-order valence-electron chi connectivity index (χ2n) is 9.72. The van der Waals surface area contributed by atoms with Crippen molar-refractivity contribution >= 4 is 26.0 Å². The molecule has 3 rings (SSSR count). The highest BCUT2D eigenvalue weighted by atomic mass is 31.2. The summed E-state index contributed by atoms with van der Waals surface area (Å²) in [5.74, 6) is 0. The van der Waals surface area contributed by atoms with Gasteiger partial charge in [-0.05, 0) is 47.7 Å². The van der Waals surface area contributed by atoms with Crippen molar-refractivity contribution < 1.29 is 4.57 Å². The lowest BCUT2D eigenvalue weighted by molar-refractivity contribution is 0.462. The van der Waals surface area contributed by atoms with Crippen molar-refractivity contribution in [2.45, 2.75) is 50.5 Å². The molecule has 3 aromatic rings. The first kappa shape index (κ1) is 24.4. The zero-order chi connectivity index (χ0) is 23.2. The van der Waals surface area contributed by atoms with Crippen molar-refractivity contribution in [1.82, 2.24) is 5.09 Å². The van der Waals surface area contributed by atoms with E-state index in [1.54, 1.807) is 0 Å². The lowest BCUT2D eigenvalue weighted by atomic mass is 9.95. The van der Waals surface area contributed by atoms with E-state index in [4.69, 9.17) is 0 Å². The molecule has 0 aliphatic rings. The molecule has 0 fully saturated rings. The van der Waals surface area contributed by atoms with Gasteiger partial charge in [0.1, 0.15) is 0 Å². The van der Waals surface area contributed by atoms with Gasteiger partial charge in [0.15, 0.2) is 0 Å². The molecule has 0 unspecified atom stereocenters. The number of aryl methyl sites for hydroxylation is 1. The van der Waals surface area contributed by atoms with Crippen LogP contribution in [0.25, 0.3) is 0 Å². The molecule has 0 aromatic heterocycles. The van der Waals surface area contributed by atoms with Gasteiger partial charge in [-0.2, -0.15) is 0 Å². The fourth-order valence-electron chi connectivity index (χ4n) is 4.22. The quantitative estimate of drug-likeness (QED) is 0.205. The van der Waals surface area contributed by atoms with Gasteiger partial charge in [0.2, 0.25) is 7.29 Å². The maximum absolute atomic E-state index is 14.8. The average molecular weight is 462 g/mol. The van der Waals surface area contributed by atoms with E-state index >= 15 is 0 Å². The summed E-state index contributed by atoms with van der Waals surface area (Å²) >= 11 is 0. The van der Waals surface area contributed by atoms with Crippen LogP contribution in [0.1, 0.15) is 18.9 Å². The van der Waals surface area contributed by atoms with E-state index in [0.29, 0.717) is 0 Å². The molecule has 0 aliphatic carbocycles. The van der Waals surface area contributed by atoms with E-state index in [2.05, 4.69) is 68.6 Å². The molecular formula is C28H36NOPSi. The van der Waals surface area contributed by atoms with Crippen LogP contribution >= 0.6 is 7.29 Å². The first-order valence-electron chi connectivity index (χ1n) is 11.4. The summed E-state index contributed by atoms with van der Waals surface area (Å²) < 4.78 is 14.8. The molecule has 0 aliphatic heterocycles. The van der Waals surface area contributed by atoms with E-state index in [1.165, 1.54) is 5.56 Å². The van der Waals surface area contributed by atoms with Crippen molar-refractivity contribution in [1.29, 1.82) is 0 Å². The molecule has 1 N–H and O–H groups in total. The normalized spacial score (nSPS) is 15.0. The highest BCUT2D eigenvalue weighted by Crippen LogP contribution is 2.49. The van der Waals surface area contributed by atoms with Gasteiger partial charge in [0, 0.05) is 16.7 Å². The van der Waals surface area contributed by atoms with Crippen LogP contribution in [-0.2, 0) is 11.0 Å². The van der Waals surface area contributed by atoms with Gasteiger partial charge in [-0.25, -0.2) is 0 Å². The fourth-order valence-corrected chi connectivity index (χ4v) is 8.83. The zero-order valence-corrected chi connectivity index (χ0v) is 21.7. The van der Waals surface area contributed by atoms with Crippen LogP contribution < -0.4 is 15.7 Å². The van der Waals surface area contributed by atoms with Crippen LogP contribution in [0.4, 0.5) is 0 Å². The first-order valence-corrected chi connectivity index (χ1v) is 16.6. The topological polar surface area (TPSA) is 29.1 Å². The predicted octanol–water partition coefficient (Wildman–Crippen LogP) is 6.79. The van der Waals surface area contributed by atoms with Crippen LogP contribution in [0.5, 0.6) is 0 Å². The van der Waals surface area contributed by atoms with Gasteiger partial charge in [0.25, 0.3) is 0 Å². The largest absolute Gasteiger partial charge is 0.297 e. The SMILES string of the molecule is C=C[C@](C)([C@@H](CCc1ccccc1)NP(=O)(c1ccccc1)c1ccccc1)[Si](C)(C)C. The molecule has 32 heavy (non-hydrogen) atoms.